The highest BCUT2D eigenvalue weighted by atomic mass is 79.9. The molecule has 1 N–H and O–H groups in total. The maximum atomic E-state index is 8.67. The first-order valence-corrected chi connectivity index (χ1v) is 5.67. The topological polar surface area (TPSA) is 29.5 Å². The zero-order valence-electron chi connectivity index (χ0n) is 7.84. The monoisotopic (exact) mass is 248 g/mol. The minimum absolute atomic E-state index is 0.0845. The molecule has 13 heavy (non-hydrogen) atoms. The van der Waals surface area contributed by atoms with Crippen molar-refractivity contribution in [1.29, 1.82) is 0 Å². The molecule has 0 radical (unpaired) electrons. The smallest absolute Gasteiger partial charge is 0.141 e. The molecule has 0 aromatic rings. The van der Waals surface area contributed by atoms with Crippen LogP contribution in [0.15, 0.2) is 12.2 Å². The molecule has 0 heterocycles. The molecule has 0 bridgehead atoms. The van der Waals surface area contributed by atoms with Gasteiger partial charge in [-0.25, -0.2) is 0 Å². The molecule has 0 spiro atoms. The molecule has 0 fully saturated rings. The summed E-state index contributed by atoms with van der Waals surface area (Å²) < 4.78 is 5.21. The summed E-state index contributed by atoms with van der Waals surface area (Å²) in [5.74, 6) is 0. The van der Waals surface area contributed by atoms with Gasteiger partial charge in [0.25, 0.3) is 0 Å². The summed E-state index contributed by atoms with van der Waals surface area (Å²) in [5.41, 5.74) is 0. The number of ether oxygens (including phenoxy) is 1. The van der Waals surface area contributed by atoms with Crippen molar-refractivity contribution in [1.82, 2.24) is 0 Å². The van der Waals surface area contributed by atoms with Crippen molar-refractivity contribution in [3.05, 3.63) is 12.2 Å². The lowest BCUT2D eigenvalue weighted by Gasteiger charge is -2.25. The number of hydrogen-bond acceptors (Lipinski definition) is 2. The van der Waals surface area contributed by atoms with E-state index in [1.54, 1.807) is 0 Å². The van der Waals surface area contributed by atoms with Gasteiger partial charge in [-0.05, 0) is 47.7 Å². The van der Waals surface area contributed by atoms with Gasteiger partial charge in [0.1, 0.15) is 4.51 Å². The molecular formula is C10H17BrO2. The van der Waals surface area contributed by atoms with E-state index in [1.807, 2.05) is 0 Å². The zero-order chi connectivity index (χ0) is 9.57. The van der Waals surface area contributed by atoms with Gasteiger partial charge < -0.3 is 9.84 Å². The lowest BCUT2D eigenvalue weighted by molar-refractivity contribution is 0.0313. The van der Waals surface area contributed by atoms with E-state index >= 15 is 0 Å². The zero-order valence-corrected chi connectivity index (χ0v) is 9.42. The van der Waals surface area contributed by atoms with Crippen LogP contribution in [0, 0.1) is 0 Å². The van der Waals surface area contributed by atoms with Gasteiger partial charge in [0.15, 0.2) is 0 Å². The number of aliphatic hydroxyl groups is 1. The maximum Gasteiger partial charge on any atom is 0.141 e. The fraction of sp³-hybridized carbons (Fsp3) is 0.800. The predicted octanol–water partition coefficient (Wildman–Crippen LogP) is 2.61. The Labute approximate surface area is 88.1 Å². The van der Waals surface area contributed by atoms with E-state index in [9.17, 15) is 0 Å². The molecule has 1 aliphatic carbocycles. The first-order valence-electron chi connectivity index (χ1n) is 4.88. The summed E-state index contributed by atoms with van der Waals surface area (Å²) in [5, 5.41) is 8.67. The first kappa shape index (κ1) is 11.2. The third-order valence-corrected chi connectivity index (χ3v) is 3.08. The lowest BCUT2D eigenvalue weighted by Crippen LogP contribution is -2.24. The van der Waals surface area contributed by atoms with E-state index in [0.29, 0.717) is 6.61 Å². The molecule has 3 heteroatoms. The van der Waals surface area contributed by atoms with E-state index in [-0.39, 0.29) is 11.1 Å². The molecule has 0 aliphatic heterocycles. The molecule has 1 atom stereocenters. The Balaban J connectivity index is 2.45. The average Bonchev–Trinajstić information content (AvgIpc) is 2.09. The van der Waals surface area contributed by atoms with Gasteiger partial charge >= 0.3 is 0 Å². The quantitative estimate of drug-likeness (QED) is 0.615. The predicted molar refractivity (Wildman–Crippen MR) is 56.9 cm³/mol. The van der Waals surface area contributed by atoms with Crippen molar-refractivity contribution in [3.63, 3.8) is 0 Å². The van der Waals surface area contributed by atoms with Crippen molar-refractivity contribution in [2.45, 2.75) is 36.6 Å². The van der Waals surface area contributed by atoms with Crippen LogP contribution in [0.2, 0.25) is 0 Å². The molecule has 1 unspecified atom stereocenters. The number of alkyl halides is 1. The van der Waals surface area contributed by atoms with Gasteiger partial charge in [-0.1, -0.05) is 12.5 Å². The molecule has 0 aromatic heterocycles. The Morgan fingerprint density at radius 1 is 1.38 bits per heavy atom. The molecule has 0 aromatic carbocycles. The number of rotatable bonds is 3. The van der Waals surface area contributed by atoms with Crippen LogP contribution in [0.1, 0.15) is 32.1 Å². The Morgan fingerprint density at radius 3 is 3.00 bits per heavy atom. The largest absolute Gasteiger partial charge is 0.394 e. The summed E-state index contributed by atoms with van der Waals surface area (Å²) in [6.07, 6.45) is 10.1. The molecular weight excluding hydrogens is 232 g/mol. The van der Waals surface area contributed by atoms with Gasteiger partial charge in [0.05, 0.1) is 13.2 Å². The van der Waals surface area contributed by atoms with Crippen LogP contribution in [0.5, 0.6) is 0 Å². The van der Waals surface area contributed by atoms with Crippen molar-refractivity contribution in [2.75, 3.05) is 13.2 Å². The van der Waals surface area contributed by atoms with Gasteiger partial charge in [-0.15, -0.1) is 0 Å². The Hall–Kier alpha value is 0.140. The standard InChI is InChI=1S/C10H17BrO2/c11-10(13-9-8-12)6-4-2-1-3-5-7-10/h4,6,12H,1-3,5,7-9H2. The minimum Gasteiger partial charge on any atom is -0.394 e. The van der Waals surface area contributed by atoms with Crippen LogP contribution in [0.3, 0.4) is 0 Å². The number of halogens is 1. The molecule has 1 aliphatic rings. The highest BCUT2D eigenvalue weighted by Crippen LogP contribution is 2.30. The second kappa shape index (κ2) is 5.78. The second-order valence-electron chi connectivity index (χ2n) is 3.36. The van der Waals surface area contributed by atoms with E-state index in [1.165, 1.54) is 19.3 Å². The molecule has 1 rings (SSSR count). The highest BCUT2D eigenvalue weighted by molar-refractivity contribution is 9.10. The fourth-order valence-corrected chi connectivity index (χ4v) is 2.11. The van der Waals surface area contributed by atoms with Crippen LogP contribution in [-0.2, 0) is 4.74 Å². The molecule has 76 valence electrons. The Kier molecular flexibility index (Phi) is 4.99. The van der Waals surface area contributed by atoms with Gasteiger partial charge in [-0.2, -0.15) is 0 Å². The first-order chi connectivity index (χ1) is 6.27. The van der Waals surface area contributed by atoms with Crippen LogP contribution in [-0.4, -0.2) is 22.8 Å². The second-order valence-corrected chi connectivity index (χ2v) is 4.70. The Bertz CT molecular complexity index is 170. The van der Waals surface area contributed by atoms with Gasteiger partial charge in [0, 0.05) is 0 Å². The number of hydrogen-bond donors (Lipinski definition) is 1. The van der Waals surface area contributed by atoms with Crippen LogP contribution >= 0.6 is 15.9 Å². The van der Waals surface area contributed by atoms with Crippen LogP contribution < -0.4 is 0 Å². The third kappa shape index (κ3) is 4.25. The van der Waals surface area contributed by atoms with Crippen LogP contribution in [0.4, 0.5) is 0 Å². The highest BCUT2D eigenvalue weighted by Gasteiger charge is 2.23. The SMILES string of the molecule is OCCOC1(Br)C=CCCCCC1. The maximum absolute atomic E-state index is 8.67. The van der Waals surface area contributed by atoms with Crippen LogP contribution in [0.25, 0.3) is 0 Å². The van der Waals surface area contributed by atoms with E-state index in [4.69, 9.17) is 9.84 Å². The van der Waals surface area contributed by atoms with Crippen molar-refractivity contribution >= 4 is 15.9 Å². The average molecular weight is 249 g/mol. The molecule has 2 nitrogen and oxygen atoms in total. The Morgan fingerprint density at radius 2 is 2.23 bits per heavy atom. The lowest BCUT2D eigenvalue weighted by atomic mass is 10.0. The molecule has 0 saturated carbocycles. The van der Waals surface area contributed by atoms with Gasteiger partial charge in [-0.3, -0.25) is 0 Å². The minimum atomic E-state index is -0.323. The summed E-state index contributed by atoms with van der Waals surface area (Å²) in [4.78, 5) is 0. The number of aliphatic hydroxyl groups excluding tert-OH is 1. The van der Waals surface area contributed by atoms with E-state index < -0.39 is 0 Å². The summed E-state index contributed by atoms with van der Waals surface area (Å²) in [7, 11) is 0. The van der Waals surface area contributed by atoms with Crippen molar-refractivity contribution < 1.29 is 9.84 Å². The fourth-order valence-electron chi connectivity index (χ4n) is 1.48. The molecule has 0 amide bonds. The summed E-state index contributed by atoms with van der Waals surface area (Å²) in [6.45, 7) is 0.483. The summed E-state index contributed by atoms with van der Waals surface area (Å²) >= 11 is 3.56. The third-order valence-electron chi connectivity index (χ3n) is 2.19. The van der Waals surface area contributed by atoms with E-state index in [2.05, 4.69) is 28.1 Å². The van der Waals surface area contributed by atoms with Gasteiger partial charge in [0.2, 0.25) is 0 Å². The normalized spacial score (nSPS) is 29.7. The molecule has 0 saturated heterocycles. The van der Waals surface area contributed by atoms with Crippen molar-refractivity contribution in [2.24, 2.45) is 0 Å². The summed E-state index contributed by atoms with van der Waals surface area (Å²) in [6, 6.07) is 0. The van der Waals surface area contributed by atoms with Crippen molar-refractivity contribution in [3.8, 4) is 0 Å². The number of allylic oxidation sites excluding steroid dienone is 1. The van der Waals surface area contributed by atoms with E-state index in [0.717, 1.165) is 12.8 Å².